The first kappa shape index (κ1) is 8.21. The van der Waals surface area contributed by atoms with Crippen molar-refractivity contribution in [2.45, 2.75) is 18.2 Å². The van der Waals surface area contributed by atoms with Crippen molar-refractivity contribution in [2.75, 3.05) is 0 Å². The second-order valence-corrected chi connectivity index (χ2v) is 2.78. The molecule has 0 saturated heterocycles. The second-order valence-electron chi connectivity index (χ2n) is 2.30. The molecule has 0 aliphatic heterocycles. The first-order valence-electron chi connectivity index (χ1n) is 3.54. The van der Waals surface area contributed by atoms with Crippen LogP contribution in [0.4, 0.5) is 0 Å². The molecule has 1 aromatic carbocycles. The third-order valence-corrected chi connectivity index (χ3v) is 1.73. The molecule has 0 unspecified atom stereocenters. The van der Waals surface area contributed by atoms with E-state index in [2.05, 4.69) is 0 Å². The van der Waals surface area contributed by atoms with E-state index in [9.17, 15) is 4.79 Å². The van der Waals surface area contributed by atoms with E-state index >= 15 is 0 Å². The summed E-state index contributed by atoms with van der Waals surface area (Å²) in [5.41, 5.74) is 0.722. The second kappa shape index (κ2) is 3.49. The molecule has 0 atom stereocenters. The number of hydrogen-bond donors (Lipinski definition) is 0. The van der Waals surface area contributed by atoms with Crippen molar-refractivity contribution in [3.63, 3.8) is 0 Å². The molecule has 11 heavy (non-hydrogen) atoms. The van der Waals surface area contributed by atoms with Crippen molar-refractivity contribution < 1.29 is 4.79 Å². The van der Waals surface area contributed by atoms with Gasteiger partial charge in [0.15, 0.2) is 5.78 Å². The Hall–Kier alpha value is -0.890. The zero-order valence-corrected chi connectivity index (χ0v) is 7.15. The summed E-state index contributed by atoms with van der Waals surface area (Å²) < 4.78 is 0. The highest BCUT2D eigenvalue weighted by Crippen LogP contribution is 2.10. The molecule has 0 aromatic heterocycles. The maximum absolute atomic E-state index is 11.1. The van der Waals surface area contributed by atoms with Gasteiger partial charge in [-0.25, -0.2) is 0 Å². The third kappa shape index (κ3) is 2.02. The number of carbonyl (C=O) groups excluding carboxylic acids is 1. The number of Topliss-reactive ketones (excluding diaryl/α,β-unsaturated/α-hetero) is 1. The van der Waals surface area contributed by atoms with Gasteiger partial charge in [0.1, 0.15) is 0 Å². The van der Waals surface area contributed by atoms with Crippen molar-refractivity contribution in [1.82, 2.24) is 0 Å². The van der Waals surface area contributed by atoms with Crippen LogP contribution in [0.3, 0.4) is 0 Å². The van der Waals surface area contributed by atoms with E-state index in [4.69, 9.17) is 12.6 Å². The Morgan fingerprint density at radius 2 is 2.27 bits per heavy atom. The van der Waals surface area contributed by atoms with Crippen molar-refractivity contribution in [2.24, 2.45) is 0 Å². The lowest BCUT2D eigenvalue weighted by Gasteiger charge is -1.96. The average molecular weight is 165 g/mol. The number of hydrogen-bond acceptors (Lipinski definition) is 1. The fourth-order valence-electron chi connectivity index (χ4n) is 0.874. The summed E-state index contributed by atoms with van der Waals surface area (Å²) in [4.78, 5) is 11.8. The standard InChI is InChI=1S/C9H9OS/c1-2-9(10)7-4-3-5-8(11)6-7/h3-6H,2H2,1H3. The molecule has 2 heteroatoms. The highest BCUT2D eigenvalue weighted by molar-refractivity contribution is 7.80. The molecule has 0 amide bonds. The van der Waals surface area contributed by atoms with Gasteiger partial charge >= 0.3 is 0 Å². The lowest BCUT2D eigenvalue weighted by molar-refractivity contribution is 0.0988. The predicted octanol–water partition coefficient (Wildman–Crippen LogP) is 2.84. The van der Waals surface area contributed by atoms with Crippen molar-refractivity contribution in [3.05, 3.63) is 29.8 Å². The van der Waals surface area contributed by atoms with Crippen LogP contribution in [0.2, 0.25) is 0 Å². The first-order valence-corrected chi connectivity index (χ1v) is 3.95. The Kier molecular flexibility index (Phi) is 2.60. The van der Waals surface area contributed by atoms with Crippen LogP contribution in [0.25, 0.3) is 0 Å². The van der Waals surface area contributed by atoms with E-state index < -0.39 is 0 Å². The first-order chi connectivity index (χ1) is 5.24. The molecule has 0 aliphatic rings. The lowest BCUT2D eigenvalue weighted by atomic mass is 10.1. The van der Waals surface area contributed by atoms with Crippen LogP contribution in [0, 0.1) is 0 Å². The van der Waals surface area contributed by atoms with Crippen LogP contribution >= 0.6 is 12.6 Å². The minimum atomic E-state index is 0.150. The maximum Gasteiger partial charge on any atom is 0.162 e. The van der Waals surface area contributed by atoms with Gasteiger partial charge in [-0.15, -0.1) is 0 Å². The van der Waals surface area contributed by atoms with Crippen LogP contribution < -0.4 is 0 Å². The van der Waals surface area contributed by atoms with Crippen LogP contribution in [0.15, 0.2) is 29.2 Å². The van der Waals surface area contributed by atoms with E-state index in [0.717, 1.165) is 10.5 Å². The normalized spacial score (nSPS) is 9.55. The van der Waals surface area contributed by atoms with Gasteiger partial charge in [0.2, 0.25) is 0 Å². The molecular formula is C9H9OS. The predicted molar refractivity (Wildman–Crippen MR) is 46.9 cm³/mol. The fraction of sp³-hybridized carbons (Fsp3) is 0.222. The number of ketones is 1. The Morgan fingerprint density at radius 1 is 1.55 bits per heavy atom. The van der Waals surface area contributed by atoms with E-state index in [0.29, 0.717) is 6.42 Å². The van der Waals surface area contributed by atoms with Gasteiger partial charge in [-0.05, 0) is 12.1 Å². The zero-order chi connectivity index (χ0) is 8.27. The smallest absolute Gasteiger partial charge is 0.162 e. The highest BCUT2D eigenvalue weighted by atomic mass is 32.1. The van der Waals surface area contributed by atoms with Crippen LogP contribution in [-0.4, -0.2) is 5.78 Å². The monoisotopic (exact) mass is 165 g/mol. The molecule has 57 valence electrons. The molecule has 0 fully saturated rings. The van der Waals surface area contributed by atoms with Gasteiger partial charge in [-0.2, -0.15) is 0 Å². The van der Waals surface area contributed by atoms with Gasteiger partial charge in [0.25, 0.3) is 0 Å². The van der Waals surface area contributed by atoms with Gasteiger partial charge in [0.05, 0.1) is 0 Å². The van der Waals surface area contributed by atoms with Crippen molar-refractivity contribution in [1.29, 1.82) is 0 Å². The van der Waals surface area contributed by atoms with Crippen LogP contribution in [0.5, 0.6) is 0 Å². The van der Waals surface area contributed by atoms with Gasteiger partial charge in [-0.3, -0.25) is 4.79 Å². The lowest BCUT2D eigenvalue weighted by Crippen LogP contribution is -1.95. The molecule has 1 radical (unpaired) electrons. The number of benzene rings is 1. The Morgan fingerprint density at radius 3 is 2.82 bits per heavy atom. The van der Waals surface area contributed by atoms with Gasteiger partial charge in [0, 0.05) is 16.9 Å². The van der Waals surface area contributed by atoms with E-state index in [-0.39, 0.29) is 5.78 Å². The summed E-state index contributed by atoms with van der Waals surface area (Å²) in [6.07, 6.45) is 0.540. The molecule has 0 bridgehead atoms. The summed E-state index contributed by atoms with van der Waals surface area (Å²) >= 11 is 4.91. The molecule has 1 rings (SSSR count). The molecule has 0 aliphatic carbocycles. The van der Waals surface area contributed by atoms with Gasteiger partial charge < -0.3 is 0 Å². The summed E-state index contributed by atoms with van der Waals surface area (Å²) in [7, 11) is 0. The maximum atomic E-state index is 11.1. The SMILES string of the molecule is CCC(=O)c1cccc([S])c1. The van der Waals surface area contributed by atoms with Crippen LogP contribution in [0.1, 0.15) is 23.7 Å². The number of carbonyl (C=O) groups is 1. The summed E-state index contributed by atoms with van der Waals surface area (Å²) in [6.45, 7) is 1.85. The molecule has 0 saturated carbocycles. The summed E-state index contributed by atoms with van der Waals surface area (Å²) in [5.74, 6) is 0.150. The summed E-state index contributed by atoms with van der Waals surface area (Å²) in [6, 6.07) is 7.15. The van der Waals surface area contributed by atoms with Gasteiger partial charge in [-0.1, -0.05) is 31.7 Å². The molecular weight excluding hydrogens is 156 g/mol. The quantitative estimate of drug-likeness (QED) is 0.616. The fourth-order valence-corrected chi connectivity index (χ4v) is 1.08. The highest BCUT2D eigenvalue weighted by Gasteiger charge is 2.01. The molecule has 0 spiro atoms. The molecule has 0 heterocycles. The topological polar surface area (TPSA) is 17.1 Å². The Labute approximate surface area is 71.8 Å². The average Bonchev–Trinajstić information content (AvgIpc) is 2.03. The van der Waals surface area contributed by atoms with E-state index in [1.807, 2.05) is 19.1 Å². The summed E-state index contributed by atoms with van der Waals surface area (Å²) in [5, 5.41) is 0. The van der Waals surface area contributed by atoms with E-state index in [1.54, 1.807) is 12.1 Å². The van der Waals surface area contributed by atoms with Crippen molar-refractivity contribution >= 4 is 18.4 Å². The minimum absolute atomic E-state index is 0.150. The van der Waals surface area contributed by atoms with Crippen LogP contribution in [-0.2, 0) is 0 Å². The largest absolute Gasteiger partial charge is 0.294 e. The minimum Gasteiger partial charge on any atom is -0.294 e. The Bertz CT molecular complexity index is 268. The van der Waals surface area contributed by atoms with E-state index in [1.165, 1.54) is 0 Å². The molecule has 0 N–H and O–H groups in total. The zero-order valence-electron chi connectivity index (χ0n) is 6.33. The Balaban J connectivity index is 2.96. The number of rotatable bonds is 2. The third-order valence-electron chi connectivity index (χ3n) is 1.48. The van der Waals surface area contributed by atoms with Crippen molar-refractivity contribution in [3.8, 4) is 0 Å². The molecule has 1 aromatic rings. The molecule has 1 nitrogen and oxygen atoms in total.